The predicted octanol–water partition coefficient (Wildman–Crippen LogP) is 4.98. The molecule has 1 saturated heterocycles. The third-order valence-corrected chi connectivity index (χ3v) is 10.0. The quantitative estimate of drug-likeness (QED) is 0.396. The standard InChI is InChI=1S/C24H27BrN4O3S2/c1-16(20-6-4-5-7-22(20)30)14-23(29-18(3)21(25)15-26-29)27-19-10-12-28(13-11-19)34(31,32)24-9-8-17(2)33-24/h4-9,14-15,19,27,30H,1,10-13H2,2-3H3/b23-14-. The minimum absolute atomic E-state index is 0.0577. The molecule has 1 aliphatic rings. The highest BCUT2D eigenvalue weighted by molar-refractivity contribution is 9.10. The first kappa shape index (κ1) is 24.7. The van der Waals surface area contributed by atoms with E-state index in [4.69, 9.17) is 0 Å². The number of phenols is 1. The Balaban J connectivity index is 1.53. The van der Waals surface area contributed by atoms with Gasteiger partial charge in [0.25, 0.3) is 10.0 Å². The average molecular weight is 564 g/mol. The van der Waals surface area contributed by atoms with Crippen LogP contribution in [0.4, 0.5) is 0 Å². The summed E-state index contributed by atoms with van der Waals surface area (Å²) in [6.07, 6.45) is 4.90. The van der Waals surface area contributed by atoms with Crippen molar-refractivity contribution in [2.24, 2.45) is 0 Å². The van der Waals surface area contributed by atoms with Gasteiger partial charge in [-0.1, -0.05) is 24.8 Å². The van der Waals surface area contributed by atoms with Gasteiger partial charge in [-0.2, -0.15) is 9.40 Å². The molecule has 0 bridgehead atoms. The molecule has 1 aromatic carbocycles. The van der Waals surface area contributed by atoms with Crippen molar-refractivity contribution < 1.29 is 13.5 Å². The summed E-state index contributed by atoms with van der Waals surface area (Å²) < 4.78 is 30.6. The molecule has 2 aromatic heterocycles. The van der Waals surface area contributed by atoms with Crippen molar-refractivity contribution in [3.05, 3.63) is 75.9 Å². The summed E-state index contributed by atoms with van der Waals surface area (Å²) in [6.45, 7) is 8.88. The van der Waals surface area contributed by atoms with E-state index in [-0.39, 0.29) is 11.8 Å². The Morgan fingerprint density at radius 3 is 2.53 bits per heavy atom. The predicted molar refractivity (Wildman–Crippen MR) is 140 cm³/mol. The number of piperidine rings is 1. The number of hydrogen-bond donors (Lipinski definition) is 2. The minimum atomic E-state index is -3.46. The molecule has 0 saturated carbocycles. The Kier molecular flexibility index (Phi) is 7.32. The van der Waals surface area contributed by atoms with Crippen LogP contribution in [0, 0.1) is 13.8 Å². The number of hydrogen-bond acceptors (Lipinski definition) is 6. The van der Waals surface area contributed by atoms with Gasteiger partial charge in [-0.15, -0.1) is 11.3 Å². The Labute approximate surface area is 212 Å². The number of benzene rings is 1. The lowest BCUT2D eigenvalue weighted by Crippen LogP contribution is -2.44. The zero-order chi connectivity index (χ0) is 24.5. The van der Waals surface area contributed by atoms with Crippen LogP contribution < -0.4 is 5.32 Å². The Morgan fingerprint density at radius 1 is 1.24 bits per heavy atom. The number of aryl methyl sites for hydroxylation is 1. The fourth-order valence-electron chi connectivity index (χ4n) is 3.91. The van der Waals surface area contributed by atoms with E-state index in [0.717, 1.165) is 15.0 Å². The molecule has 7 nitrogen and oxygen atoms in total. The van der Waals surface area contributed by atoms with Gasteiger partial charge in [0.15, 0.2) is 0 Å². The molecule has 0 aliphatic carbocycles. The van der Waals surface area contributed by atoms with Crippen LogP contribution in [0.25, 0.3) is 11.4 Å². The van der Waals surface area contributed by atoms with Crippen LogP contribution in [0.3, 0.4) is 0 Å². The van der Waals surface area contributed by atoms with Crippen LogP contribution in [0.5, 0.6) is 5.75 Å². The van der Waals surface area contributed by atoms with Crippen molar-refractivity contribution in [3.8, 4) is 5.75 Å². The zero-order valence-corrected chi connectivity index (χ0v) is 22.3. The smallest absolute Gasteiger partial charge is 0.252 e. The van der Waals surface area contributed by atoms with Crippen LogP contribution in [-0.4, -0.2) is 46.7 Å². The molecule has 1 fully saturated rings. The van der Waals surface area contributed by atoms with Crippen molar-refractivity contribution in [1.82, 2.24) is 19.4 Å². The highest BCUT2D eigenvalue weighted by Gasteiger charge is 2.31. The number of thiophene rings is 1. The summed E-state index contributed by atoms with van der Waals surface area (Å²) in [7, 11) is -3.46. The maximum Gasteiger partial charge on any atom is 0.252 e. The summed E-state index contributed by atoms with van der Waals surface area (Å²) in [5, 5.41) is 18.3. The Morgan fingerprint density at radius 2 is 1.94 bits per heavy atom. The molecule has 0 radical (unpaired) electrons. The third kappa shape index (κ3) is 5.14. The molecule has 3 aromatic rings. The highest BCUT2D eigenvalue weighted by atomic mass is 79.9. The van der Waals surface area contributed by atoms with Gasteiger partial charge in [0.05, 0.1) is 16.4 Å². The van der Waals surface area contributed by atoms with Gasteiger partial charge in [-0.05, 0) is 72.5 Å². The first-order valence-electron chi connectivity index (χ1n) is 10.9. The van der Waals surface area contributed by atoms with E-state index in [9.17, 15) is 13.5 Å². The lowest BCUT2D eigenvalue weighted by molar-refractivity contribution is 0.303. The largest absolute Gasteiger partial charge is 0.507 e. The lowest BCUT2D eigenvalue weighted by Gasteiger charge is -2.32. The number of rotatable bonds is 7. The summed E-state index contributed by atoms with van der Waals surface area (Å²) in [4.78, 5) is 0.982. The van der Waals surface area contributed by atoms with Crippen LogP contribution >= 0.6 is 27.3 Å². The van der Waals surface area contributed by atoms with E-state index in [1.807, 2.05) is 38.1 Å². The van der Waals surface area contributed by atoms with Gasteiger partial charge < -0.3 is 10.4 Å². The number of aromatic hydroxyl groups is 1. The summed E-state index contributed by atoms with van der Waals surface area (Å²) in [6, 6.07) is 10.6. The maximum atomic E-state index is 13.0. The number of phenolic OH excluding ortho intramolecular Hbond substituents is 1. The minimum Gasteiger partial charge on any atom is -0.507 e. The topological polar surface area (TPSA) is 87.5 Å². The number of nitrogens with one attached hydrogen (secondary N) is 1. The van der Waals surface area contributed by atoms with Crippen molar-refractivity contribution in [1.29, 1.82) is 0 Å². The van der Waals surface area contributed by atoms with Crippen molar-refractivity contribution >= 4 is 48.7 Å². The van der Waals surface area contributed by atoms with E-state index in [2.05, 4.69) is 32.9 Å². The van der Waals surface area contributed by atoms with E-state index >= 15 is 0 Å². The monoisotopic (exact) mass is 562 g/mol. The number of sulfonamides is 1. The normalized spacial score (nSPS) is 16.0. The molecule has 0 atom stereocenters. The highest BCUT2D eigenvalue weighted by Crippen LogP contribution is 2.29. The third-order valence-electron chi connectivity index (χ3n) is 5.85. The second kappa shape index (κ2) is 10.1. The van der Waals surface area contributed by atoms with Crippen molar-refractivity contribution in [2.45, 2.75) is 36.9 Å². The van der Waals surface area contributed by atoms with Gasteiger partial charge in [0, 0.05) is 29.6 Å². The number of halogens is 1. The molecule has 3 heterocycles. The fourth-order valence-corrected chi connectivity index (χ4v) is 7.08. The number of aromatic nitrogens is 2. The fraction of sp³-hybridized carbons (Fsp3) is 0.292. The molecule has 0 unspecified atom stereocenters. The SMILES string of the molecule is C=C(/C=C(/NC1CCN(S(=O)(=O)c2ccc(C)s2)CC1)n1ncc(Br)c1C)c1ccccc1O. The molecule has 4 rings (SSSR count). The summed E-state index contributed by atoms with van der Waals surface area (Å²) in [5.74, 6) is 0.871. The summed E-state index contributed by atoms with van der Waals surface area (Å²) >= 11 is 4.82. The molecule has 10 heteroatoms. The van der Waals surface area contributed by atoms with Gasteiger partial charge in [-0.25, -0.2) is 13.1 Å². The molecule has 0 spiro atoms. The average Bonchev–Trinajstić information content (AvgIpc) is 3.40. The zero-order valence-electron chi connectivity index (χ0n) is 19.0. The van der Waals surface area contributed by atoms with Gasteiger partial charge in [0.2, 0.25) is 0 Å². The second-order valence-corrected chi connectivity index (χ2v) is 12.6. The van der Waals surface area contributed by atoms with Crippen molar-refractivity contribution in [3.63, 3.8) is 0 Å². The van der Waals surface area contributed by atoms with Gasteiger partial charge in [-0.3, -0.25) is 0 Å². The number of allylic oxidation sites excluding steroid dienone is 2. The van der Waals surface area contributed by atoms with Gasteiger partial charge >= 0.3 is 0 Å². The van der Waals surface area contributed by atoms with Crippen LogP contribution in [0.1, 0.15) is 29.0 Å². The first-order chi connectivity index (χ1) is 16.2. The lowest BCUT2D eigenvalue weighted by atomic mass is 10.0. The van der Waals surface area contributed by atoms with E-state index in [1.165, 1.54) is 11.3 Å². The molecular weight excluding hydrogens is 536 g/mol. The van der Waals surface area contributed by atoms with E-state index in [1.54, 1.807) is 33.4 Å². The number of para-hydroxylation sites is 1. The first-order valence-corrected chi connectivity index (χ1v) is 13.9. The van der Waals surface area contributed by atoms with Crippen LogP contribution in [0.15, 0.2) is 63.9 Å². The molecule has 0 amide bonds. The van der Waals surface area contributed by atoms with Crippen molar-refractivity contribution in [2.75, 3.05) is 13.1 Å². The van der Waals surface area contributed by atoms with E-state index < -0.39 is 10.0 Å². The summed E-state index contributed by atoms with van der Waals surface area (Å²) in [5.41, 5.74) is 2.19. The Hall–Kier alpha value is -2.40. The molecule has 2 N–H and O–H groups in total. The van der Waals surface area contributed by atoms with Crippen LogP contribution in [-0.2, 0) is 10.0 Å². The molecule has 180 valence electrons. The van der Waals surface area contributed by atoms with Gasteiger partial charge in [0.1, 0.15) is 15.8 Å². The Bertz CT molecular complexity index is 1340. The van der Waals surface area contributed by atoms with E-state index in [0.29, 0.717) is 47.1 Å². The second-order valence-electron chi connectivity index (χ2n) is 8.25. The molecule has 1 aliphatic heterocycles. The maximum absolute atomic E-state index is 13.0. The van der Waals surface area contributed by atoms with Crippen LogP contribution in [0.2, 0.25) is 0 Å². The molecule has 34 heavy (non-hydrogen) atoms. The number of nitrogens with zero attached hydrogens (tertiary/aromatic N) is 3. The molecular formula is C24H27BrN4O3S2.